The molecule has 0 spiro atoms. The topological polar surface area (TPSA) is 66.8 Å². The van der Waals surface area contributed by atoms with Crippen LogP contribution in [0.2, 0.25) is 0 Å². The summed E-state index contributed by atoms with van der Waals surface area (Å²) >= 11 is 3.31. The van der Waals surface area contributed by atoms with Gasteiger partial charge in [-0.2, -0.15) is 4.31 Å². The molecule has 0 amide bonds. The number of benzene rings is 1. The first-order valence-electron chi connectivity index (χ1n) is 7.02. The maximum atomic E-state index is 12.8. The summed E-state index contributed by atoms with van der Waals surface area (Å²) in [6, 6.07) is 5.02. The van der Waals surface area contributed by atoms with E-state index in [1.54, 1.807) is 18.2 Å². The second-order valence-electron chi connectivity index (χ2n) is 5.05. The Hall–Kier alpha value is -0.630. The smallest absolute Gasteiger partial charge is 0.246 e. The van der Waals surface area contributed by atoms with Gasteiger partial charge in [-0.25, -0.2) is 8.42 Å². The van der Waals surface area contributed by atoms with Crippen molar-refractivity contribution in [3.8, 4) is 5.75 Å². The molecule has 7 heteroatoms. The third-order valence-electron chi connectivity index (χ3n) is 3.61. The van der Waals surface area contributed by atoms with Crippen LogP contribution in [0.15, 0.2) is 27.6 Å². The summed E-state index contributed by atoms with van der Waals surface area (Å²) in [5.41, 5.74) is 0. The van der Waals surface area contributed by atoms with Crippen molar-refractivity contribution in [3.05, 3.63) is 22.7 Å². The van der Waals surface area contributed by atoms with E-state index in [1.165, 1.54) is 4.31 Å². The van der Waals surface area contributed by atoms with Gasteiger partial charge in [0.2, 0.25) is 10.0 Å². The Morgan fingerprint density at radius 2 is 2.24 bits per heavy atom. The molecule has 118 valence electrons. The van der Waals surface area contributed by atoms with Crippen LogP contribution in [0.3, 0.4) is 0 Å². The molecule has 1 fully saturated rings. The summed E-state index contributed by atoms with van der Waals surface area (Å²) in [4.78, 5) is 0.198. The van der Waals surface area contributed by atoms with Gasteiger partial charge in [0, 0.05) is 24.2 Å². The number of halogens is 1. The average molecular weight is 378 g/mol. The Balaban J connectivity index is 2.29. The predicted molar refractivity (Wildman–Crippen MR) is 83.9 cm³/mol. The molecule has 0 saturated carbocycles. The van der Waals surface area contributed by atoms with Crippen molar-refractivity contribution < 1.29 is 18.3 Å². The molecular formula is C14H20BrNO4S. The quantitative estimate of drug-likeness (QED) is 0.825. The molecule has 1 atom stereocenters. The highest BCUT2D eigenvalue weighted by Crippen LogP contribution is 2.33. The van der Waals surface area contributed by atoms with Gasteiger partial charge in [0.25, 0.3) is 0 Å². The van der Waals surface area contributed by atoms with Crippen molar-refractivity contribution in [3.63, 3.8) is 0 Å². The number of aliphatic hydroxyl groups excluding tert-OH is 1. The third-order valence-corrected chi connectivity index (χ3v) is 5.99. The van der Waals surface area contributed by atoms with E-state index >= 15 is 0 Å². The lowest BCUT2D eigenvalue weighted by molar-refractivity contribution is 0.259. The Bertz CT molecular complexity index is 591. The lowest BCUT2D eigenvalue weighted by Crippen LogP contribution is -2.29. The average Bonchev–Trinajstić information content (AvgIpc) is 2.91. The zero-order chi connectivity index (χ0) is 15.5. The van der Waals surface area contributed by atoms with Crippen molar-refractivity contribution >= 4 is 26.0 Å². The van der Waals surface area contributed by atoms with Crippen molar-refractivity contribution in [2.75, 3.05) is 26.3 Å². The lowest BCUT2D eigenvalue weighted by Gasteiger charge is -2.19. The number of ether oxygens (including phenoxy) is 1. The van der Waals surface area contributed by atoms with Crippen LogP contribution in [-0.2, 0) is 10.0 Å². The fourth-order valence-electron chi connectivity index (χ4n) is 2.53. The minimum Gasteiger partial charge on any atom is -0.492 e. The fraction of sp³-hybridized carbons (Fsp3) is 0.571. The van der Waals surface area contributed by atoms with Crippen molar-refractivity contribution in [1.82, 2.24) is 4.31 Å². The van der Waals surface area contributed by atoms with E-state index in [-0.39, 0.29) is 17.4 Å². The van der Waals surface area contributed by atoms with Crippen molar-refractivity contribution in [2.45, 2.75) is 24.7 Å². The summed E-state index contributed by atoms with van der Waals surface area (Å²) in [6.07, 6.45) is 1.43. The molecule has 1 heterocycles. The van der Waals surface area contributed by atoms with Gasteiger partial charge in [0.1, 0.15) is 10.6 Å². The first-order valence-corrected chi connectivity index (χ1v) is 9.25. The second kappa shape index (κ2) is 7.09. The minimum absolute atomic E-state index is 0.0969. The van der Waals surface area contributed by atoms with Gasteiger partial charge < -0.3 is 9.84 Å². The van der Waals surface area contributed by atoms with Crippen LogP contribution < -0.4 is 4.74 Å². The summed E-state index contributed by atoms with van der Waals surface area (Å²) in [7, 11) is -3.57. The van der Waals surface area contributed by atoms with Crippen molar-refractivity contribution in [2.24, 2.45) is 5.92 Å². The number of hydrogen-bond acceptors (Lipinski definition) is 4. The standard InChI is InChI=1S/C14H20BrNO4S/c1-2-20-13-4-3-12(15)9-14(13)21(18,19)16-7-5-11(10-16)6-8-17/h3-4,9,11,17H,2,5-8,10H2,1H3. The largest absolute Gasteiger partial charge is 0.492 e. The normalized spacial score (nSPS) is 19.9. The molecule has 5 nitrogen and oxygen atoms in total. The molecule has 1 aromatic carbocycles. The first-order chi connectivity index (χ1) is 9.98. The maximum absolute atomic E-state index is 12.8. The highest BCUT2D eigenvalue weighted by molar-refractivity contribution is 9.10. The van der Waals surface area contributed by atoms with E-state index in [1.807, 2.05) is 6.92 Å². The highest BCUT2D eigenvalue weighted by Gasteiger charge is 2.34. The van der Waals surface area contributed by atoms with Crippen LogP contribution in [0.4, 0.5) is 0 Å². The van der Waals surface area contributed by atoms with E-state index in [0.29, 0.717) is 36.3 Å². The fourth-order valence-corrected chi connectivity index (χ4v) is 4.73. The molecule has 0 aromatic heterocycles. The van der Waals surface area contributed by atoms with Crippen LogP contribution in [0.1, 0.15) is 19.8 Å². The van der Waals surface area contributed by atoms with Gasteiger partial charge in [0.05, 0.1) is 6.61 Å². The van der Waals surface area contributed by atoms with Gasteiger partial charge in [-0.3, -0.25) is 0 Å². The van der Waals surface area contributed by atoms with Gasteiger partial charge >= 0.3 is 0 Å². The number of aliphatic hydroxyl groups is 1. The van der Waals surface area contributed by atoms with E-state index < -0.39 is 10.0 Å². The first kappa shape index (κ1) is 16.7. The summed E-state index contributed by atoms with van der Waals surface area (Å²) in [5.74, 6) is 0.610. The van der Waals surface area contributed by atoms with E-state index in [4.69, 9.17) is 9.84 Å². The van der Waals surface area contributed by atoms with Crippen LogP contribution in [0, 0.1) is 5.92 Å². The SMILES string of the molecule is CCOc1ccc(Br)cc1S(=O)(=O)N1CCC(CCO)C1. The maximum Gasteiger partial charge on any atom is 0.246 e. The number of rotatable bonds is 6. The zero-order valence-electron chi connectivity index (χ0n) is 12.0. The molecule has 1 N–H and O–H groups in total. The number of nitrogens with zero attached hydrogens (tertiary/aromatic N) is 1. The molecule has 1 aromatic rings. The molecule has 0 bridgehead atoms. The summed E-state index contributed by atoms with van der Waals surface area (Å²) in [6.45, 7) is 3.29. The van der Waals surface area contributed by atoms with E-state index in [2.05, 4.69) is 15.9 Å². The Morgan fingerprint density at radius 1 is 1.48 bits per heavy atom. The summed E-state index contributed by atoms with van der Waals surface area (Å²) in [5, 5.41) is 8.99. The number of sulfonamides is 1. The molecule has 1 unspecified atom stereocenters. The van der Waals surface area contributed by atoms with Crippen LogP contribution >= 0.6 is 15.9 Å². The van der Waals surface area contributed by atoms with Crippen LogP contribution in [0.25, 0.3) is 0 Å². The second-order valence-corrected chi connectivity index (χ2v) is 7.88. The van der Waals surface area contributed by atoms with Gasteiger partial charge in [-0.15, -0.1) is 0 Å². The van der Waals surface area contributed by atoms with E-state index in [0.717, 1.165) is 6.42 Å². The monoisotopic (exact) mass is 377 g/mol. The molecule has 21 heavy (non-hydrogen) atoms. The predicted octanol–water partition coefficient (Wildman–Crippen LogP) is 2.24. The highest BCUT2D eigenvalue weighted by atomic mass is 79.9. The Labute approximate surface area is 134 Å². The molecule has 1 aliphatic heterocycles. The number of hydrogen-bond donors (Lipinski definition) is 1. The third kappa shape index (κ3) is 3.77. The van der Waals surface area contributed by atoms with E-state index in [9.17, 15) is 8.42 Å². The van der Waals surface area contributed by atoms with Crippen molar-refractivity contribution in [1.29, 1.82) is 0 Å². The summed E-state index contributed by atoms with van der Waals surface area (Å²) < 4.78 is 33.2. The van der Waals surface area contributed by atoms with Gasteiger partial charge in [-0.05, 0) is 43.9 Å². The van der Waals surface area contributed by atoms with Gasteiger partial charge in [0.15, 0.2) is 0 Å². The molecule has 2 rings (SSSR count). The lowest BCUT2D eigenvalue weighted by atomic mass is 10.1. The molecule has 1 aliphatic rings. The molecule has 0 radical (unpaired) electrons. The minimum atomic E-state index is -3.57. The van der Waals surface area contributed by atoms with Gasteiger partial charge in [-0.1, -0.05) is 15.9 Å². The van der Waals surface area contributed by atoms with Crippen LogP contribution in [-0.4, -0.2) is 44.1 Å². The molecular weight excluding hydrogens is 358 g/mol. The zero-order valence-corrected chi connectivity index (χ0v) is 14.4. The van der Waals surface area contributed by atoms with Crippen LogP contribution in [0.5, 0.6) is 5.75 Å². The molecule has 1 saturated heterocycles. The Morgan fingerprint density at radius 3 is 2.90 bits per heavy atom. The Kier molecular flexibility index (Phi) is 5.65. The molecule has 0 aliphatic carbocycles.